The lowest BCUT2D eigenvalue weighted by atomic mass is 9.98. The third-order valence-electron chi connectivity index (χ3n) is 4.90. The van der Waals surface area contributed by atoms with Crippen molar-refractivity contribution in [3.05, 3.63) is 59.7 Å². The number of phenolic OH excluding ortho intramolecular Hbond substituents is 1. The van der Waals surface area contributed by atoms with Gasteiger partial charge in [0.2, 0.25) is 0 Å². The van der Waals surface area contributed by atoms with E-state index in [1.807, 2.05) is 35.2 Å². The highest BCUT2D eigenvalue weighted by Crippen LogP contribution is 2.37. The lowest BCUT2D eigenvalue weighted by molar-refractivity contribution is -0.138. The average Bonchev–Trinajstić information content (AvgIpc) is 2.68. The van der Waals surface area contributed by atoms with Crippen molar-refractivity contribution in [2.45, 2.75) is 31.7 Å². The normalized spacial score (nSPS) is 16.7. The first-order valence-electron chi connectivity index (χ1n) is 9.43. The number of benzene rings is 2. The quantitative estimate of drug-likeness (QED) is 0.737. The van der Waals surface area contributed by atoms with Gasteiger partial charge in [0, 0.05) is 50.3 Å². The summed E-state index contributed by atoms with van der Waals surface area (Å²) >= 11 is 0. The van der Waals surface area contributed by atoms with Gasteiger partial charge in [-0.05, 0) is 18.1 Å². The Bertz CT molecular complexity index is 747. The molecule has 1 aliphatic rings. The summed E-state index contributed by atoms with van der Waals surface area (Å²) in [6.45, 7) is 3.10. The number of nitrogens with one attached hydrogen (secondary N) is 1. The third kappa shape index (κ3) is 5.87. The first-order valence-corrected chi connectivity index (χ1v) is 9.43. The largest absolute Gasteiger partial charge is 0.507 e. The zero-order valence-corrected chi connectivity index (χ0v) is 15.6. The molecule has 0 bridgehead atoms. The molecule has 7 heteroatoms. The van der Waals surface area contributed by atoms with E-state index in [4.69, 9.17) is 4.74 Å². The fourth-order valence-corrected chi connectivity index (χ4v) is 3.46. The van der Waals surface area contributed by atoms with Crippen molar-refractivity contribution in [2.75, 3.05) is 26.2 Å². The second-order valence-electron chi connectivity index (χ2n) is 6.95. The fraction of sp³-hybridized carbons (Fsp3) is 0.429. The predicted octanol–water partition coefficient (Wildman–Crippen LogP) is 4.26. The zero-order chi connectivity index (χ0) is 20.0. The van der Waals surface area contributed by atoms with Gasteiger partial charge in [0.15, 0.2) is 0 Å². The predicted molar refractivity (Wildman–Crippen MR) is 101 cm³/mol. The van der Waals surface area contributed by atoms with Crippen LogP contribution in [0.25, 0.3) is 0 Å². The van der Waals surface area contributed by atoms with Crippen LogP contribution in [0.3, 0.4) is 0 Å². The first kappa shape index (κ1) is 20.5. The number of piperazine rings is 1. The highest BCUT2D eigenvalue weighted by Gasteiger charge is 2.32. The van der Waals surface area contributed by atoms with Crippen molar-refractivity contribution in [3.63, 3.8) is 0 Å². The first-order chi connectivity index (χ1) is 13.4. The summed E-state index contributed by atoms with van der Waals surface area (Å²) < 4.78 is 44.1. The molecule has 3 rings (SSSR count). The van der Waals surface area contributed by atoms with Crippen molar-refractivity contribution >= 4 is 0 Å². The molecule has 0 aliphatic carbocycles. The number of phenols is 1. The van der Waals surface area contributed by atoms with Gasteiger partial charge in [-0.25, -0.2) is 0 Å². The highest BCUT2D eigenvalue weighted by molar-refractivity contribution is 5.41. The van der Waals surface area contributed by atoms with Crippen molar-refractivity contribution < 1.29 is 23.0 Å². The Morgan fingerprint density at radius 1 is 1.07 bits per heavy atom. The minimum Gasteiger partial charge on any atom is -0.507 e. The number of hydrogen-bond acceptors (Lipinski definition) is 4. The van der Waals surface area contributed by atoms with Crippen LogP contribution in [0.4, 0.5) is 13.2 Å². The van der Waals surface area contributed by atoms with Gasteiger partial charge in [-0.15, -0.1) is 0 Å². The molecule has 0 aromatic heterocycles. The molecule has 1 atom stereocenters. The summed E-state index contributed by atoms with van der Waals surface area (Å²) in [6, 6.07) is 14.0. The van der Waals surface area contributed by atoms with E-state index in [1.165, 1.54) is 6.07 Å². The lowest BCUT2D eigenvalue weighted by Gasteiger charge is -2.35. The molecular weight excluding hydrogens is 369 g/mol. The summed E-state index contributed by atoms with van der Waals surface area (Å²) in [5.41, 5.74) is 1.51. The van der Waals surface area contributed by atoms with E-state index in [0.717, 1.165) is 18.7 Å². The molecule has 0 spiro atoms. The minimum absolute atomic E-state index is 0.0312. The second kappa shape index (κ2) is 9.30. The lowest BCUT2D eigenvalue weighted by Crippen LogP contribution is -2.45. The van der Waals surface area contributed by atoms with Crippen LogP contribution in [0, 0.1) is 0 Å². The SMILES string of the molecule is Oc1cc(OCc2ccccc2)ccc1[C@@H](CCC(F)(F)F)N1CCNCC1. The van der Waals surface area contributed by atoms with Crippen LogP contribution < -0.4 is 10.1 Å². The highest BCUT2D eigenvalue weighted by atomic mass is 19.4. The topological polar surface area (TPSA) is 44.7 Å². The van der Waals surface area contributed by atoms with Crippen LogP contribution in [0.15, 0.2) is 48.5 Å². The van der Waals surface area contributed by atoms with E-state index in [1.54, 1.807) is 12.1 Å². The molecule has 152 valence electrons. The summed E-state index contributed by atoms with van der Waals surface area (Å²) in [5.74, 6) is 0.455. The van der Waals surface area contributed by atoms with Crippen LogP contribution in [-0.4, -0.2) is 42.4 Å². The van der Waals surface area contributed by atoms with Crippen LogP contribution in [0.2, 0.25) is 0 Å². The van der Waals surface area contributed by atoms with Crippen molar-refractivity contribution in [3.8, 4) is 11.5 Å². The van der Waals surface area contributed by atoms with Gasteiger partial charge in [-0.2, -0.15) is 13.2 Å². The van der Waals surface area contributed by atoms with E-state index in [2.05, 4.69) is 5.32 Å². The number of nitrogens with zero attached hydrogens (tertiary/aromatic N) is 1. The van der Waals surface area contributed by atoms with Gasteiger partial charge in [0.05, 0.1) is 0 Å². The maximum absolute atomic E-state index is 12.8. The fourth-order valence-electron chi connectivity index (χ4n) is 3.46. The number of aromatic hydroxyl groups is 1. The van der Waals surface area contributed by atoms with Gasteiger partial charge in [-0.3, -0.25) is 4.90 Å². The molecule has 0 unspecified atom stereocenters. The number of hydrogen-bond donors (Lipinski definition) is 2. The molecule has 1 saturated heterocycles. The molecule has 2 aromatic rings. The molecule has 2 N–H and O–H groups in total. The Balaban J connectivity index is 1.73. The van der Waals surface area contributed by atoms with Crippen molar-refractivity contribution in [1.29, 1.82) is 0 Å². The Kier molecular flexibility index (Phi) is 6.80. The molecule has 0 amide bonds. The molecule has 2 aromatic carbocycles. The summed E-state index contributed by atoms with van der Waals surface area (Å²) in [6.07, 6.45) is -5.19. The van der Waals surface area contributed by atoms with Crippen LogP contribution in [0.5, 0.6) is 11.5 Å². The second-order valence-corrected chi connectivity index (χ2v) is 6.95. The molecule has 1 fully saturated rings. The number of ether oxygens (including phenoxy) is 1. The molecular formula is C21H25F3N2O2. The van der Waals surface area contributed by atoms with E-state index in [9.17, 15) is 18.3 Å². The summed E-state index contributed by atoms with van der Waals surface area (Å²) in [5, 5.41) is 13.7. The molecule has 0 saturated carbocycles. The molecule has 1 aliphatic heterocycles. The van der Waals surface area contributed by atoms with Crippen molar-refractivity contribution in [1.82, 2.24) is 10.2 Å². The molecule has 28 heavy (non-hydrogen) atoms. The standard InChI is InChI=1S/C21H25F3N2O2/c22-21(23,24)9-8-19(26-12-10-25-11-13-26)18-7-6-17(14-20(18)27)28-15-16-4-2-1-3-5-16/h1-7,14,19,25,27H,8-13,15H2/t19-/m1/s1. The minimum atomic E-state index is -4.22. The summed E-state index contributed by atoms with van der Waals surface area (Å²) in [4.78, 5) is 2.00. The maximum atomic E-state index is 12.8. The summed E-state index contributed by atoms with van der Waals surface area (Å²) in [7, 11) is 0. The Morgan fingerprint density at radius 3 is 2.43 bits per heavy atom. The monoisotopic (exact) mass is 394 g/mol. The molecule has 0 radical (unpaired) electrons. The van der Waals surface area contributed by atoms with Crippen LogP contribution >= 0.6 is 0 Å². The molecule has 4 nitrogen and oxygen atoms in total. The number of rotatable bonds is 7. The average molecular weight is 394 g/mol. The van der Waals surface area contributed by atoms with Gasteiger partial charge in [0.1, 0.15) is 18.1 Å². The van der Waals surface area contributed by atoms with Crippen LogP contribution in [0.1, 0.15) is 30.0 Å². The zero-order valence-electron chi connectivity index (χ0n) is 15.6. The number of halogens is 3. The van der Waals surface area contributed by atoms with Crippen LogP contribution in [-0.2, 0) is 6.61 Å². The van der Waals surface area contributed by atoms with Gasteiger partial charge in [0.25, 0.3) is 0 Å². The number of alkyl halides is 3. The Hall–Kier alpha value is -2.25. The smallest absolute Gasteiger partial charge is 0.389 e. The van der Waals surface area contributed by atoms with E-state index in [-0.39, 0.29) is 12.2 Å². The van der Waals surface area contributed by atoms with E-state index >= 15 is 0 Å². The molecule has 1 heterocycles. The Morgan fingerprint density at radius 2 is 1.79 bits per heavy atom. The maximum Gasteiger partial charge on any atom is 0.389 e. The van der Waals surface area contributed by atoms with Crippen molar-refractivity contribution in [2.24, 2.45) is 0 Å². The van der Waals surface area contributed by atoms with Gasteiger partial charge >= 0.3 is 6.18 Å². The Labute approximate surface area is 162 Å². The van der Waals surface area contributed by atoms with E-state index in [0.29, 0.717) is 31.0 Å². The van der Waals surface area contributed by atoms with Gasteiger partial charge in [-0.1, -0.05) is 36.4 Å². The van der Waals surface area contributed by atoms with E-state index < -0.39 is 18.6 Å². The third-order valence-corrected chi connectivity index (χ3v) is 4.90. The van der Waals surface area contributed by atoms with Gasteiger partial charge < -0.3 is 15.2 Å².